The first-order chi connectivity index (χ1) is 45.4. The Morgan fingerprint density at radius 3 is 0.892 bits per heavy atom. The summed E-state index contributed by atoms with van der Waals surface area (Å²) in [5, 5.41) is 44.6. The van der Waals surface area contributed by atoms with Gasteiger partial charge in [0.15, 0.2) is 0 Å². The zero-order valence-electron chi connectivity index (χ0n) is 50.2. The Morgan fingerprint density at radius 2 is 0.484 bits per heavy atom. The quantitative estimate of drug-likeness (QED) is 0.0990. The van der Waals surface area contributed by atoms with Gasteiger partial charge in [-0.2, -0.15) is 0 Å². The Bertz CT molecular complexity index is 5770. The average molecular weight is 1250 g/mol. The molecule has 0 saturated heterocycles. The van der Waals surface area contributed by atoms with Gasteiger partial charge in [-0.1, -0.05) is 345 Å². The Kier molecular flexibility index (Phi) is 15.7. The van der Waals surface area contributed by atoms with Gasteiger partial charge in [0.05, 0.1) is 0 Å². The lowest BCUT2D eigenvalue weighted by molar-refractivity contribution is 0.426. The molecule has 440 valence electrons. The summed E-state index contributed by atoms with van der Waals surface area (Å²) in [4.78, 5) is 0. The van der Waals surface area contributed by atoms with E-state index < -0.39 is 7.12 Å². The fourth-order valence-corrected chi connectivity index (χ4v) is 14.7. The van der Waals surface area contributed by atoms with Gasteiger partial charge in [0.25, 0.3) is 0 Å². The molecule has 18 rings (SSSR count). The second-order valence-corrected chi connectivity index (χ2v) is 24.5. The van der Waals surface area contributed by atoms with Crippen LogP contribution in [0.15, 0.2) is 344 Å². The van der Waals surface area contributed by atoms with Crippen LogP contribution >= 0.6 is 15.9 Å². The second kappa shape index (κ2) is 25.0. The summed E-state index contributed by atoms with van der Waals surface area (Å²) >= 11 is 3.52. The smallest absolute Gasteiger partial charge is 0.423 e. The van der Waals surface area contributed by atoms with Gasteiger partial charge in [-0.3, -0.25) is 0 Å². The van der Waals surface area contributed by atoms with Gasteiger partial charge in [0.2, 0.25) is 0 Å². The van der Waals surface area contributed by atoms with E-state index in [4.69, 9.17) is 0 Å². The van der Waals surface area contributed by atoms with Gasteiger partial charge in [-0.25, -0.2) is 0 Å². The van der Waals surface area contributed by atoms with Gasteiger partial charge >= 0.3 is 7.12 Å². The van der Waals surface area contributed by atoms with Crippen molar-refractivity contribution in [3.8, 4) is 55.6 Å². The number of benzene rings is 18. The van der Waals surface area contributed by atoms with Gasteiger partial charge < -0.3 is 10.0 Å². The van der Waals surface area contributed by atoms with Crippen LogP contribution in [0, 0.1) is 0 Å². The van der Waals surface area contributed by atoms with Gasteiger partial charge in [0.1, 0.15) is 0 Å². The average Bonchev–Trinajstić information content (AvgIpc) is 1.04. The molecule has 0 amide bonds. The fourth-order valence-electron chi connectivity index (χ4n) is 14.4. The zero-order valence-corrected chi connectivity index (χ0v) is 51.8. The normalized spacial score (nSPS) is 11.3. The Hall–Kier alpha value is -11.0. The van der Waals surface area contributed by atoms with Crippen LogP contribution in [0.3, 0.4) is 0 Å². The van der Waals surface area contributed by atoms with Crippen LogP contribution in [0.5, 0.6) is 0 Å². The van der Waals surface area contributed by atoms with E-state index in [0.717, 1.165) is 37.1 Å². The van der Waals surface area contributed by atoms with Gasteiger partial charge in [0, 0.05) is 4.47 Å². The van der Waals surface area contributed by atoms with Crippen molar-refractivity contribution in [2.75, 3.05) is 0 Å². The number of hydrogen-bond donors (Lipinski definition) is 2. The topological polar surface area (TPSA) is 40.5 Å². The first-order valence-electron chi connectivity index (χ1n) is 31.3. The minimum absolute atomic E-state index is 0. The van der Waals surface area contributed by atoms with Crippen molar-refractivity contribution in [2.45, 2.75) is 7.43 Å². The molecule has 18 aromatic rings. The van der Waals surface area contributed by atoms with Crippen molar-refractivity contribution >= 4 is 136 Å². The molecule has 0 aliphatic rings. The van der Waals surface area contributed by atoms with Crippen molar-refractivity contribution in [3.63, 3.8) is 0 Å². The van der Waals surface area contributed by atoms with E-state index in [9.17, 15) is 10.0 Å². The summed E-state index contributed by atoms with van der Waals surface area (Å²) in [5.74, 6) is 0. The molecule has 0 fully saturated rings. The van der Waals surface area contributed by atoms with Crippen LogP contribution in [0.2, 0.25) is 0 Å². The predicted molar refractivity (Wildman–Crippen MR) is 406 cm³/mol. The molecule has 0 aromatic heterocycles. The number of rotatable bonds is 6. The highest BCUT2D eigenvalue weighted by Gasteiger charge is 2.24. The third-order valence-electron chi connectivity index (χ3n) is 18.5. The molecule has 0 atom stereocenters. The largest absolute Gasteiger partial charge is 0.489 e. The van der Waals surface area contributed by atoms with Crippen molar-refractivity contribution in [1.82, 2.24) is 0 Å². The minimum atomic E-state index is -1.55. The van der Waals surface area contributed by atoms with E-state index in [1.54, 1.807) is 0 Å². The maximum Gasteiger partial charge on any atom is 0.489 e. The molecule has 0 bridgehead atoms. The van der Waals surface area contributed by atoms with E-state index in [1.807, 2.05) is 42.5 Å². The van der Waals surface area contributed by atoms with Gasteiger partial charge in [-0.15, -0.1) is 0 Å². The van der Waals surface area contributed by atoms with Crippen molar-refractivity contribution in [3.05, 3.63) is 344 Å². The summed E-state index contributed by atoms with van der Waals surface area (Å²) in [6, 6.07) is 121. The summed E-state index contributed by atoms with van der Waals surface area (Å²) in [6.07, 6.45) is 0. The Morgan fingerprint density at radius 1 is 0.204 bits per heavy atom. The molecular weight excluding hydrogens is 1190 g/mol. The molecule has 18 aromatic carbocycles. The maximum atomic E-state index is 10.3. The molecule has 0 heterocycles. The molecule has 0 aliphatic carbocycles. The number of hydrogen-bond acceptors (Lipinski definition) is 2. The highest BCUT2D eigenvalue weighted by molar-refractivity contribution is 9.10. The van der Waals surface area contributed by atoms with Gasteiger partial charge in [-0.05, 0) is 187 Å². The van der Waals surface area contributed by atoms with Crippen LogP contribution in [0.1, 0.15) is 7.43 Å². The van der Waals surface area contributed by atoms with E-state index >= 15 is 0 Å². The van der Waals surface area contributed by atoms with Crippen LogP contribution in [0.4, 0.5) is 0 Å². The lowest BCUT2D eigenvalue weighted by Gasteiger charge is -2.20. The third-order valence-corrected chi connectivity index (χ3v) is 19.0. The molecule has 2 N–H and O–H groups in total. The first kappa shape index (κ1) is 58.4. The van der Waals surface area contributed by atoms with Crippen LogP contribution in [-0.4, -0.2) is 17.2 Å². The highest BCUT2D eigenvalue weighted by atomic mass is 79.9. The zero-order chi connectivity index (χ0) is 61.7. The van der Waals surface area contributed by atoms with E-state index in [0.29, 0.717) is 5.46 Å². The summed E-state index contributed by atoms with van der Waals surface area (Å²) in [7, 11) is -1.55. The van der Waals surface area contributed by atoms with Crippen molar-refractivity contribution in [2.24, 2.45) is 0 Å². The monoisotopic (exact) mass is 1250 g/mol. The molecule has 0 unspecified atom stereocenters. The summed E-state index contributed by atoms with van der Waals surface area (Å²) in [5.41, 5.74) is 12.8. The molecule has 0 saturated carbocycles. The SMILES string of the molecule is Brc1ccc2ccc3ccccc3c2c1.C.OB(O)c1c2ccccc2c(-c2ccc(-c3ccccc3)c3ccccc23)c2ccccc12.c1ccc(-c2ccc(-c3c4ccccc4c(-c4ccc5ccc6ccccc6c5c4)c4ccccc34)c3ccccc23)cc1. The van der Waals surface area contributed by atoms with Crippen LogP contribution < -0.4 is 5.46 Å². The molecule has 0 spiro atoms. The molecule has 0 radical (unpaired) electrons. The van der Waals surface area contributed by atoms with E-state index in [-0.39, 0.29) is 7.43 Å². The first-order valence-corrected chi connectivity index (χ1v) is 32.1. The predicted octanol–water partition coefficient (Wildman–Crippen LogP) is 24.0. The fraction of sp³-hybridized carbons (Fsp3) is 0.0112. The highest BCUT2D eigenvalue weighted by Crippen LogP contribution is 2.48. The number of fused-ring (bicyclic) bond motifs is 12. The standard InChI is InChI=1S/C44H28.C30H21BO2.C14H9Br.CH4/c1-2-12-29(13-3-1)34-26-27-41(36-17-7-6-16-35(34)36)44-39-20-10-8-18-37(39)43(38-19-9-11-21-40(38)44)32-25-24-31-23-22-30-14-4-5-15-33(30)42(31)28-32;32-31(33)30-27-16-8-6-14-24(27)29(25-15-7-9-17-28(25)30)26-19-18-21(20-10-2-1-3-11-20)22-12-4-5-13-23(22)26;15-12-8-7-11-6-5-10-3-1-2-4-13(10)14(11)9-12;/h1-28H;1-19,32-33H;1-9H;1H4. The van der Waals surface area contributed by atoms with E-state index in [1.165, 1.54) is 131 Å². The molecule has 0 aliphatic heterocycles. The molecule has 93 heavy (non-hydrogen) atoms. The Balaban J connectivity index is 0.000000128. The second-order valence-electron chi connectivity index (χ2n) is 23.6. The Labute approximate surface area is 549 Å². The molecule has 4 heteroatoms. The minimum Gasteiger partial charge on any atom is -0.423 e. The van der Waals surface area contributed by atoms with E-state index in [2.05, 4.69) is 313 Å². The van der Waals surface area contributed by atoms with Crippen molar-refractivity contribution in [1.29, 1.82) is 0 Å². The lowest BCUT2D eigenvalue weighted by Crippen LogP contribution is -2.31. The molecule has 2 nitrogen and oxygen atoms in total. The number of halogens is 1. The lowest BCUT2D eigenvalue weighted by atomic mass is 9.72. The molecular formula is C89H62BBrO2. The third kappa shape index (κ3) is 10.5. The van der Waals surface area contributed by atoms with Crippen LogP contribution in [0.25, 0.3) is 163 Å². The summed E-state index contributed by atoms with van der Waals surface area (Å²) < 4.78 is 1.13. The maximum absolute atomic E-state index is 10.3. The van der Waals surface area contributed by atoms with Crippen molar-refractivity contribution < 1.29 is 10.0 Å². The van der Waals surface area contributed by atoms with Crippen LogP contribution in [-0.2, 0) is 0 Å². The summed E-state index contributed by atoms with van der Waals surface area (Å²) in [6.45, 7) is 0.